The van der Waals surface area contributed by atoms with Crippen molar-refractivity contribution in [3.8, 4) is 5.88 Å². The van der Waals surface area contributed by atoms with E-state index in [1.807, 2.05) is 9.97 Å². The van der Waals surface area contributed by atoms with E-state index in [9.17, 15) is 14.7 Å². The molecular weight excluding hydrogens is 235 g/mol. The highest BCUT2D eigenvalue weighted by atomic mass is 16.3. The van der Waals surface area contributed by atoms with Crippen LogP contribution in [0.5, 0.6) is 5.88 Å². The van der Waals surface area contributed by atoms with E-state index in [4.69, 9.17) is 7.85 Å². The van der Waals surface area contributed by atoms with Crippen molar-refractivity contribution in [2.24, 2.45) is 10.2 Å². The van der Waals surface area contributed by atoms with Gasteiger partial charge in [-0.2, -0.15) is 5.11 Å². The van der Waals surface area contributed by atoms with E-state index in [0.717, 1.165) is 0 Å². The lowest BCUT2D eigenvalue weighted by molar-refractivity contribution is 0.450. The van der Waals surface area contributed by atoms with Crippen LogP contribution in [0.1, 0.15) is 0 Å². The Labute approximate surface area is 102 Å². The van der Waals surface area contributed by atoms with Crippen molar-refractivity contribution in [1.29, 1.82) is 0 Å². The molecule has 0 unspecified atom stereocenters. The maximum Gasteiger partial charge on any atom is 0.328 e. The molecule has 8 heteroatoms. The third kappa shape index (κ3) is 2.54. The molecule has 1 aromatic carbocycles. The third-order valence-electron chi connectivity index (χ3n) is 2.06. The van der Waals surface area contributed by atoms with Gasteiger partial charge in [0.05, 0.1) is 5.69 Å². The number of aromatic nitrogens is 2. The molecule has 0 amide bonds. The Morgan fingerprint density at radius 3 is 2.33 bits per heavy atom. The van der Waals surface area contributed by atoms with E-state index in [1.54, 1.807) is 24.3 Å². The molecular formula is C10H7BN4O3. The molecule has 1 heterocycles. The molecule has 0 aliphatic carbocycles. The van der Waals surface area contributed by atoms with E-state index in [2.05, 4.69) is 10.2 Å². The maximum atomic E-state index is 11.3. The van der Waals surface area contributed by atoms with Gasteiger partial charge < -0.3 is 5.11 Å². The highest BCUT2D eigenvalue weighted by Gasteiger charge is 2.06. The Bertz CT molecular complexity index is 702. The number of aromatic hydroxyl groups is 1. The summed E-state index contributed by atoms with van der Waals surface area (Å²) in [4.78, 5) is 26.1. The number of nitrogens with zero attached hydrogens (tertiary/aromatic N) is 2. The number of rotatable bonds is 2. The van der Waals surface area contributed by atoms with Crippen molar-refractivity contribution < 1.29 is 5.11 Å². The number of nitrogens with one attached hydrogen (secondary N) is 2. The van der Waals surface area contributed by atoms with Gasteiger partial charge in [-0.3, -0.25) is 14.8 Å². The quantitative estimate of drug-likeness (QED) is 0.508. The van der Waals surface area contributed by atoms with Crippen molar-refractivity contribution in [3.05, 3.63) is 45.1 Å². The summed E-state index contributed by atoms with van der Waals surface area (Å²) in [5.41, 5.74) is -0.987. The Balaban J connectivity index is 2.38. The fourth-order valence-electron chi connectivity index (χ4n) is 1.21. The van der Waals surface area contributed by atoms with Gasteiger partial charge in [0.1, 0.15) is 7.85 Å². The molecule has 18 heavy (non-hydrogen) atoms. The third-order valence-corrected chi connectivity index (χ3v) is 2.06. The number of benzene rings is 1. The van der Waals surface area contributed by atoms with Crippen molar-refractivity contribution >= 4 is 24.7 Å². The summed E-state index contributed by atoms with van der Waals surface area (Å²) in [6.45, 7) is 0. The minimum atomic E-state index is -0.824. The first-order valence-electron chi connectivity index (χ1n) is 4.89. The summed E-state index contributed by atoms with van der Waals surface area (Å²) in [6, 6.07) is 6.42. The fraction of sp³-hybridized carbons (Fsp3) is 0. The standard InChI is InChI=1S/C10H7BN4O3/c11-5-1-3-6(4-2-5)14-15-7-8(16)12-10(18)13-9(7)17/h1-4H,(H3,12,13,16,17,18). The van der Waals surface area contributed by atoms with Crippen LogP contribution < -0.4 is 16.7 Å². The first-order valence-corrected chi connectivity index (χ1v) is 4.89. The molecule has 0 saturated carbocycles. The second-order valence-electron chi connectivity index (χ2n) is 3.40. The largest absolute Gasteiger partial charge is 0.493 e. The summed E-state index contributed by atoms with van der Waals surface area (Å²) in [7, 11) is 5.49. The summed E-state index contributed by atoms with van der Waals surface area (Å²) in [5.74, 6) is -0.636. The normalized spacial score (nSPS) is 10.9. The summed E-state index contributed by atoms with van der Waals surface area (Å²) in [5, 5.41) is 16.6. The molecule has 0 spiro atoms. The highest BCUT2D eigenvalue weighted by molar-refractivity contribution is 6.32. The van der Waals surface area contributed by atoms with Gasteiger partial charge in [-0.1, -0.05) is 17.6 Å². The van der Waals surface area contributed by atoms with Gasteiger partial charge in [-0.15, -0.1) is 5.11 Å². The molecule has 2 aromatic rings. The molecule has 2 rings (SSSR count). The van der Waals surface area contributed by atoms with Crippen LogP contribution in [0.4, 0.5) is 11.4 Å². The molecule has 0 fully saturated rings. The van der Waals surface area contributed by atoms with Crippen LogP contribution in [0.25, 0.3) is 0 Å². The van der Waals surface area contributed by atoms with Gasteiger partial charge in [-0.05, 0) is 12.1 Å². The minimum absolute atomic E-state index is 0.369. The molecule has 1 aromatic heterocycles. The lowest BCUT2D eigenvalue weighted by atomic mass is 9.96. The predicted molar refractivity (Wildman–Crippen MR) is 65.4 cm³/mol. The topological polar surface area (TPSA) is 111 Å². The van der Waals surface area contributed by atoms with Gasteiger partial charge in [-0.25, -0.2) is 4.79 Å². The van der Waals surface area contributed by atoms with Crippen molar-refractivity contribution in [3.63, 3.8) is 0 Å². The van der Waals surface area contributed by atoms with Crippen LogP contribution in [-0.4, -0.2) is 22.9 Å². The molecule has 0 aliphatic rings. The van der Waals surface area contributed by atoms with Crippen molar-refractivity contribution in [2.45, 2.75) is 0 Å². The summed E-state index contributed by atoms with van der Waals surface area (Å²) < 4.78 is 0. The average Bonchev–Trinajstić information content (AvgIpc) is 2.30. The molecule has 3 N–H and O–H groups in total. The second-order valence-corrected chi connectivity index (χ2v) is 3.40. The average molecular weight is 242 g/mol. The maximum absolute atomic E-state index is 11.3. The SMILES string of the molecule is [B]c1ccc(N=Nc2c(O)[nH]c(=O)[nH]c2=O)cc1. The van der Waals surface area contributed by atoms with Crippen molar-refractivity contribution in [1.82, 2.24) is 9.97 Å². The van der Waals surface area contributed by atoms with Crippen LogP contribution in [0.3, 0.4) is 0 Å². The van der Waals surface area contributed by atoms with Crippen LogP contribution in [0, 0.1) is 0 Å². The molecule has 0 saturated heterocycles. The monoisotopic (exact) mass is 242 g/mol. The van der Waals surface area contributed by atoms with Crippen molar-refractivity contribution in [2.75, 3.05) is 0 Å². The Morgan fingerprint density at radius 2 is 1.72 bits per heavy atom. The van der Waals surface area contributed by atoms with Gasteiger partial charge >= 0.3 is 5.69 Å². The predicted octanol–water partition coefficient (Wildman–Crippen LogP) is -0.0220. The van der Waals surface area contributed by atoms with Gasteiger partial charge in [0.25, 0.3) is 5.56 Å². The minimum Gasteiger partial charge on any atom is -0.493 e. The lowest BCUT2D eigenvalue weighted by Crippen LogP contribution is -2.20. The zero-order valence-corrected chi connectivity index (χ0v) is 9.04. The van der Waals surface area contributed by atoms with E-state index < -0.39 is 17.1 Å². The summed E-state index contributed by atoms with van der Waals surface area (Å²) >= 11 is 0. The molecule has 7 nitrogen and oxygen atoms in total. The Hall–Kier alpha value is -2.64. The highest BCUT2D eigenvalue weighted by Crippen LogP contribution is 2.19. The number of hydrogen-bond donors (Lipinski definition) is 3. The number of azo groups is 1. The summed E-state index contributed by atoms with van der Waals surface area (Å²) in [6.07, 6.45) is 0. The van der Waals surface area contributed by atoms with E-state index in [0.29, 0.717) is 11.2 Å². The molecule has 0 atom stereocenters. The van der Waals surface area contributed by atoms with Crippen LogP contribution in [0.2, 0.25) is 0 Å². The van der Waals surface area contributed by atoms with E-state index in [-0.39, 0.29) is 5.69 Å². The molecule has 2 radical (unpaired) electrons. The zero-order chi connectivity index (χ0) is 13.1. The first-order chi connectivity index (χ1) is 8.56. The first kappa shape index (κ1) is 11.8. The lowest BCUT2D eigenvalue weighted by Gasteiger charge is -1.96. The molecule has 88 valence electrons. The van der Waals surface area contributed by atoms with E-state index >= 15 is 0 Å². The van der Waals surface area contributed by atoms with Crippen LogP contribution >= 0.6 is 0 Å². The van der Waals surface area contributed by atoms with Gasteiger partial charge in [0, 0.05) is 0 Å². The molecule has 0 aliphatic heterocycles. The second kappa shape index (κ2) is 4.70. The van der Waals surface area contributed by atoms with Crippen LogP contribution in [0.15, 0.2) is 44.1 Å². The van der Waals surface area contributed by atoms with Gasteiger partial charge in [0.15, 0.2) is 0 Å². The van der Waals surface area contributed by atoms with Crippen LogP contribution in [-0.2, 0) is 0 Å². The zero-order valence-electron chi connectivity index (χ0n) is 9.04. The number of aromatic amines is 2. The van der Waals surface area contributed by atoms with Gasteiger partial charge in [0.2, 0.25) is 11.6 Å². The Kier molecular flexibility index (Phi) is 3.09. The van der Waals surface area contributed by atoms with E-state index in [1.165, 1.54) is 0 Å². The smallest absolute Gasteiger partial charge is 0.328 e. The fourth-order valence-corrected chi connectivity index (χ4v) is 1.21. The number of hydrogen-bond acceptors (Lipinski definition) is 5. The number of H-pyrrole nitrogens is 2. The Morgan fingerprint density at radius 1 is 1.06 bits per heavy atom. The molecule has 0 bridgehead atoms.